The Morgan fingerprint density at radius 2 is 2.29 bits per heavy atom. The van der Waals surface area contributed by atoms with Crippen molar-refractivity contribution in [1.29, 1.82) is 0 Å². The normalized spacial score (nSPS) is 22.1. The fourth-order valence-corrected chi connectivity index (χ4v) is 1.27. The van der Waals surface area contributed by atoms with Crippen molar-refractivity contribution in [2.75, 3.05) is 19.7 Å². The molecule has 0 spiro atoms. The molecule has 1 amide bonds. The number of rotatable bonds is 2. The van der Waals surface area contributed by atoms with Crippen LogP contribution in [0.4, 0.5) is 4.79 Å². The third-order valence-electron chi connectivity index (χ3n) is 2.02. The van der Waals surface area contributed by atoms with Gasteiger partial charge in [-0.25, -0.2) is 4.79 Å². The third kappa shape index (κ3) is 4.46. The van der Waals surface area contributed by atoms with Crippen LogP contribution in [0.5, 0.6) is 0 Å². The quantitative estimate of drug-likeness (QED) is 0.702. The SMILES string of the molecule is CC(C)(C)COC(=O)N[C@@H]1CCNC1. The number of alkyl carbamates (subject to hydrolysis) is 1. The minimum Gasteiger partial charge on any atom is -0.449 e. The Labute approximate surface area is 85.4 Å². The average molecular weight is 200 g/mol. The zero-order valence-corrected chi connectivity index (χ0v) is 9.22. The molecule has 1 rings (SSSR count). The Morgan fingerprint density at radius 1 is 1.57 bits per heavy atom. The molecule has 4 heteroatoms. The second-order valence-corrected chi connectivity index (χ2v) is 4.97. The van der Waals surface area contributed by atoms with Crippen LogP contribution in [-0.2, 0) is 4.74 Å². The molecule has 2 N–H and O–H groups in total. The summed E-state index contributed by atoms with van der Waals surface area (Å²) < 4.78 is 5.09. The molecule has 82 valence electrons. The predicted octanol–water partition coefficient (Wildman–Crippen LogP) is 1.12. The van der Waals surface area contributed by atoms with E-state index in [2.05, 4.69) is 10.6 Å². The van der Waals surface area contributed by atoms with Crippen molar-refractivity contribution in [3.8, 4) is 0 Å². The smallest absolute Gasteiger partial charge is 0.407 e. The molecule has 1 heterocycles. The van der Waals surface area contributed by atoms with Gasteiger partial charge in [-0.05, 0) is 18.4 Å². The van der Waals surface area contributed by atoms with Crippen molar-refractivity contribution in [2.24, 2.45) is 5.41 Å². The minimum absolute atomic E-state index is 0.0330. The van der Waals surface area contributed by atoms with Gasteiger partial charge in [0, 0.05) is 12.6 Å². The van der Waals surface area contributed by atoms with Gasteiger partial charge in [0.15, 0.2) is 0 Å². The number of hydrogen-bond acceptors (Lipinski definition) is 3. The van der Waals surface area contributed by atoms with Gasteiger partial charge in [0.1, 0.15) is 0 Å². The number of amides is 1. The Balaban J connectivity index is 2.15. The summed E-state index contributed by atoms with van der Waals surface area (Å²) in [5, 5.41) is 6.01. The average Bonchev–Trinajstić information content (AvgIpc) is 2.52. The van der Waals surface area contributed by atoms with E-state index in [1.54, 1.807) is 0 Å². The first-order chi connectivity index (χ1) is 6.47. The maximum Gasteiger partial charge on any atom is 0.407 e. The van der Waals surface area contributed by atoms with Crippen LogP contribution in [-0.4, -0.2) is 31.8 Å². The molecule has 14 heavy (non-hydrogen) atoms. The van der Waals surface area contributed by atoms with Crippen LogP contribution in [0.25, 0.3) is 0 Å². The fraction of sp³-hybridized carbons (Fsp3) is 0.900. The number of ether oxygens (including phenoxy) is 1. The number of carbonyl (C=O) groups excluding carboxylic acids is 1. The van der Waals surface area contributed by atoms with Crippen molar-refractivity contribution in [3.05, 3.63) is 0 Å². The first kappa shape index (κ1) is 11.3. The van der Waals surface area contributed by atoms with Gasteiger partial charge < -0.3 is 15.4 Å². The van der Waals surface area contributed by atoms with Crippen LogP contribution in [0.3, 0.4) is 0 Å². The highest BCUT2D eigenvalue weighted by Gasteiger charge is 2.19. The maximum absolute atomic E-state index is 11.3. The second kappa shape index (κ2) is 4.64. The minimum atomic E-state index is -0.298. The van der Waals surface area contributed by atoms with Crippen LogP contribution in [0.15, 0.2) is 0 Å². The summed E-state index contributed by atoms with van der Waals surface area (Å²) in [6, 6.07) is 0.238. The van der Waals surface area contributed by atoms with E-state index >= 15 is 0 Å². The van der Waals surface area contributed by atoms with Crippen molar-refractivity contribution >= 4 is 6.09 Å². The molecule has 1 aliphatic heterocycles. The summed E-state index contributed by atoms with van der Waals surface area (Å²) in [6.45, 7) is 8.40. The standard InChI is InChI=1S/C10H20N2O2/c1-10(2,3)7-14-9(13)12-8-4-5-11-6-8/h8,11H,4-7H2,1-3H3,(H,12,13)/t8-/m1/s1. The highest BCUT2D eigenvalue weighted by Crippen LogP contribution is 2.12. The molecule has 1 aliphatic rings. The van der Waals surface area contributed by atoms with E-state index in [1.165, 1.54) is 0 Å². The van der Waals surface area contributed by atoms with Crippen LogP contribution in [0.2, 0.25) is 0 Å². The highest BCUT2D eigenvalue weighted by atomic mass is 16.5. The number of carbonyl (C=O) groups is 1. The van der Waals surface area contributed by atoms with Crippen molar-refractivity contribution in [1.82, 2.24) is 10.6 Å². The molecule has 0 bridgehead atoms. The van der Waals surface area contributed by atoms with E-state index in [9.17, 15) is 4.79 Å². The van der Waals surface area contributed by atoms with Gasteiger partial charge >= 0.3 is 6.09 Å². The molecule has 0 saturated carbocycles. The topological polar surface area (TPSA) is 50.4 Å². The lowest BCUT2D eigenvalue weighted by molar-refractivity contribution is 0.104. The molecule has 1 fully saturated rings. The Morgan fingerprint density at radius 3 is 2.79 bits per heavy atom. The maximum atomic E-state index is 11.3. The van der Waals surface area contributed by atoms with Gasteiger partial charge in [-0.2, -0.15) is 0 Å². The Bertz CT molecular complexity index is 193. The number of hydrogen-bond donors (Lipinski definition) is 2. The molecule has 0 unspecified atom stereocenters. The molecular weight excluding hydrogens is 180 g/mol. The highest BCUT2D eigenvalue weighted by molar-refractivity contribution is 5.67. The molecule has 0 aromatic rings. The molecule has 0 aliphatic carbocycles. The van der Waals surface area contributed by atoms with E-state index in [-0.39, 0.29) is 17.6 Å². The Kier molecular flexibility index (Phi) is 3.75. The summed E-state index contributed by atoms with van der Waals surface area (Å²) in [4.78, 5) is 11.3. The third-order valence-corrected chi connectivity index (χ3v) is 2.02. The van der Waals surface area contributed by atoms with Crippen molar-refractivity contribution in [3.63, 3.8) is 0 Å². The first-order valence-electron chi connectivity index (χ1n) is 5.11. The summed E-state index contributed by atoms with van der Waals surface area (Å²) >= 11 is 0. The molecule has 1 atom stereocenters. The van der Waals surface area contributed by atoms with Crippen LogP contribution in [0, 0.1) is 5.41 Å². The van der Waals surface area contributed by atoms with Gasteiger partial charge in [-0.15, -0.1) is 0 Å². The Hall–Kier alpha value is -0.770. The molecule has 4 nitrogen and oxygen atoms in total. The van der Waals surface area contributed by atoms with Crippen LogP contribution in [0.1, 0.15) is 27.2 Å². The fourth-order valence-electron chi connectivity index (χ4n) is 1.27. The van der Waals surface area contributed by atoms with Gasteiger partial charge in [0.25, 0.3) is 0 Å². The first-order valence-corrected chi connectivity index (χ1v) is 5.11. The van der Waals surface area contributed by atoms with Gasteiger partial charge in [-0.1, -0.05) is 20.8 Å². The zero-order valence-electron chi connectivity index (χ0n) is 9.22. The van der Waals surface area contributed by atoms with Gasteiger partial charge in [0.05, 0.1) is 6.61 Å². The largest absolute Gasteiger partial charge is 0.449 e. The summed E-state index contributed by atoms with van der Waals surface area (Å²) in [7, 11) is 0. The molecule has 0 aromatic carbocycles. The molecule has 0 radical (unpaired) electrons. The number of nitrogens with one attached hydrogen (secondary N) is 2. The second-order valence-electron chi connectivity index (χ2n) is 4.97. The van der Waals surface area contributed by atoms with Crippen molar-refractivity contribution < 1.29 is 9.53 Å². The molecule has 1 saturated heterocycles. The summed E-state index contributed by atoms with van der Waals surface area (Å²) in [5.41, 5.74) is 0.0330. The van der Waals surface area contributed by atoms with E-state index in [1.807, 2.05) is 20.8 Å². The van der Waals surface area contributed by atoms with Crippen molar-refractivity contribution in [2.45, 2.75) is 33.2 Å². The van der Waals surface area contributed by atoms with E-state index in [0.717, 1.165) is 19.5 Å². The van der Waals surface area contributed by atoms with E-state index in [4.69, 9.17) is 4.74 Å². The van der Waals surface area contributed by atoms with Crippen LogP contribution < -0.4 is 10.6 Å². The lowest BCUT2D eigenvalue weighted by Gasteiger charge is -2.19. The zero-order chi connectivity index (χ0) is 10.6. The molecule has 0 aromatic heterocycles. The van der Waals surface area contributed by atoms with E-state index in [0.29, 0.717) is 6.61 Å². The lowest BCUT2D eigenvalue weighted by Crippen LogP contribution is -2.37. The monoisotopic (exact) mass is 200 g/mol. The lowest BCUT2D eigenvalue weighted by atomic mass is 9.99. The molecular formula is C10H20N2O2. The van der Waals surface area contributed by atoms with Gasteiger partial charge in [0.2, 0.25) is 0 Å². The summed E-state index contributed by atoms with van der Waals surface area (Å²) in [5.74, 6) is 0. The van der Waals surface area contributed by atoms with E-state index < -0.39 is 0 Å². The summed E-state index contributed by atoms with van der Waals surface area (Å²) in [6.07, 6.45) is 0.693. The van der Waals surface area contributed by atoms with Gasteiger partial charge in [-0.3, -0.25) is 0 Å². The predicted molar refractivity (Wildman–Crippen MR) is 55.2 cm³/mol. The van der Waals surface area contributed by atoms with Crippen LogP contribution >= 0.6 is 0 Å².